The SMILES string of the molecule is CCCNC(=O)[C@@H](CC)N(Cc1cccc(OC)c1)C(=O)CN(c1ccccc1CC)S(C)(=O)=O. The van der Waals surface area contributed by atoms with Gasteiger partial charge in [-0.05, 0) is 48.6 Å². The second-order valence-electron chi connectivity index (χ2n) is 8.34. The molecule has 0 spiro atoms. The first-order valence-corrected chi connectivity index (χ1v) is 13.8. The van der Waals surface area contributed by atoms with Gasteiger partial charge in [0.1, 0.15) is 18.3 Å². The van der Waals surface area contributed by atoms with E-state index in [1.807, 2.05) is 45.0 Å². The summed E-state index contributed by atoms with van der Waals surface area (Å²) in [5, 5.41) is 2.87. The number of para-hydroxylation sites is 1. The number of amides is 2. The van der Waals surface area contributed by atoms with Crippen molar-refractivity contribution in [1.29, 1.82) is 0 Å². The zero-order valence-electron chi connectivity index (χ0n) is 21.3. The third kappa shape index (κ3) is 7.71. The van der Waals surface area contributed by atoms with Crippen LogP contribution in [0.15, 0.2) is 48.5 Å². The summed E-state index contributed by atoms with van der Waals surface area (Å²) in [5.41, 5.74) is 2.06. The summed E-state index contributed by atoms with van der Waals surface area (Å²) in [7, 11) is -2.20. The van der Waals surface area contributed by atoms with Gasteiger partial charge in [0.05, 0.1) is 19.1 Å². The summed E-state index contributed by atoms with van der Waals surface area (Å²) in [5.74, 6) is -0.0823. The van der Waals surface area contributed by atoms with E-state index < -0.39 is 28.5 Å². The van der Waals surface area contributed by atoms with Gasteiger partial charge >= 0.3 is 0 Å². The highest BCUT2D eigenvalue weighted by atomic mass is 32.2. The summed E-state index contributed by atoms with van der Waals surface area (Å²) in [6, 6.07) is 13.6. The fourth-order valence-electron chi connectivity index (χ4n) is 3.90. The molecule has 0 bridgehead atoms. The van der Waals surface area contributed by atoms with E-state index in [2.05, 4.69) is 5.32 Å². The Morgan fingerprint density at radius 3 is 2.37 bits per heavy atom. The fourth-order valence-corrected chi connectivity index (χ4v) is 4.78. The average Bonchev–Trinajstić information content (AvgIpc) is 2.85. The molecule has 2 rings (SSSR count). The zero-order chi connectivity index (χ0) is 26.0. The number of nitrogens with zero attached hydrogens (tertiary/aromatic N) is 2. The molecule has 0 aliphatic carbocycles. The number of benzene rings is 2. The minimum absolute atomic E-state index is 0.140. The number of sulfonamides is 1. The van der Waals surface area contributed by atoms with E-state index in [9.17, 15) is 18.0 Å². The van der Waals surface area contributed by atoms with Gasteiger partial charge in [-0.3, -0.25) is 13.9 Å². The van der Waals surface area contributed by atoms with E-state index in [0.29, 0.717) is 30.8 Å². The first kappa shape index (κ1) is 28.2. The second-order valence-corrected chi connectivity index (χ2v) is 10.2. The lowest BCUT2D eigenvalue weighted by Crippen LogP contribution is -2.52. The minimum atomic E-state index is -3.76. The number of anilines is 1. The summed E-state index contributed by atoms with van der Waals surface area (Å²) in [6.45, 7) is 5.95. The second kappa shape index (κ2) is 13.1. The fraction of sp³-hybridized carbons (Fsp3) is 0.462. The van der Waals surface area contributed by atoms with Crippen molar-refractivity contribution >= 4 is 27.5 Å². The highest BCUT2D eigenvalue weighted by Gasteiger charge is 2.32. The summed E-state index contributed by atoms with van der Waals surface area (Å²) in [4.78, 5) is 28.2. The Kier molecular flexibility index (Phi) is 10.6. The van der Waals surface area contributed by atoms with Crippen molar-refractivity contribution in [2.24, 2.45) is 0 Å². The predicted molar refractivity (Wildman–Crippen MR) is 139 cm³/mol. The van der Waals surface area contributed by atoms with E-state index in [1.54, 1.807) is 31.4 Å². The number of ether oxygens (including phenoxy) is 1. The van der Waals surface area contributed by atoms with Crippen molar-refractivity contribution in [3.8, 4) is 5.75 Å². The number of carbonyl (C=O) groups is 2. The highest BCUT2D eigenvalue weighted by Crippen LogP contribution is 2.24. The van der Waals surface area contributed by atoms with Crippen molar-refractivity contribution in [3.05, 3.63) is 59.7 Å². The Balaban J connectivity index is 2.47. The number of rotatable bonds is 13. The molecule has 0 heterocycles. The first-order valence-electron chi connectivity index (χ1n) is 11.9. The first-order chi connectivity index (χ1) is 16.7. The van der Waals surface area contributed by atoms with E-state index in [0.717, 1.165) is 28.1 Å². The quantitative estimate of drug-likeness (QED) is 0.452. The lowest BCUT2D eigenvalue weighted by atomic mass is 10.1. The molecule has 9 heteroatoms. The molecule has 0 radical (unpaired) electrons. The molecule has 192 valence electrons. The molecule has 0 aliphatic heterocycles. The van der Waals surface area contributed by atoms with Gasteiger partial charge in [0, 0.05) is 13.1 Å². The Hall–Kier alpha value is -3.07. The van der Waals surface area contributed by atoms with Crippen LogP contribution in [0, 0.1) is 0 Å². The topological polar surface area (TPSA) is 96.0 Å². The number of carbonyl (C=O) groups excluding carboxylic acids is 2. The van der Waals surface area contributed by atoms with Gasteiger partial charge in [-0.1, -0.05) is 51.1 Å². The number of hydrogen-bond acceptors (Lipinski definition) is 5. The molecule has 0 aliphatic rings. The van der Waals surface area contributed by atoms with Crippen molar-refractivity contribution in [2.45, 2.75) is 52.6 Å². The number of aryl methyl sites for hydroxylation is 1. The molecular weight excluding hydrogens is 466 g/mol. The van der Waals surface area contributed by atoms with E-state index in [1.165, 1.54) is 4.90 Å². The highest BCUT2D eigenvalue weighted by molar-refractivity contribution is 7.92. The van der Waals surface area contributed by atoms with Crippen LogP contribution in [0.1, 0.15) is 44.7 Å². The summed E-state index contributed by atoms with van der Waals surface area (Å²) >= 11 is 0. The van der Waals surface area contributed by atoms with Crippen LogP contribution in [0.4, 0.5) is 5.69 Å². The van der Waals surface area contributed by atoms with Gasteiger partial charge in [0.2, 0.25) is 21.8 Å². The van der Waals surface area contributed by atoms with Crippen LogP contribution >= 0.6 is 0 Å². The zero-order valence-corrected chi connectivity index (χ0v) is 22.1. The van der Waals surface area contributed by atoms with E-state index in [-0.39, 0.29) is 12.5 Å². The summed E-state index contributed by atoms with van der Waals surface area (Å²) in [6.07, 6.45) is 2.85. The van der Waals surface area contributed by atoms with Gasteiger partial charge in [0.15, 0.2) is 0 Å². The van der Waals surface area contributed by atoms with Crippen molar-refractivity contribution in [1.82, 2.24) is 10.2 Å². The Labute approximate surface area is 209 Å². The van der Waals surface area contributed by atoms with Gasteiger partial charge in [-0.25, -0.2) is 8.42 Å². The van der Waals surface area contributed by atoms with Crippen LogP contribution in [0.25, 0.3) is 0 Å². The third-order valence-electron chi connectivity index (χ3n) is 5.74. The van der Waals surface area contributed by atoms with Crippen LogP contribution < -0.4 is 14.4 Å². The molecule has 0 aromatic heterocycles. The van der Waals surface area contributed by atoms with Gasteiger partial charge in [-0.15, -0.1) is 0 Å². The number of hydrogen-bond donors (Lipinski definition) is 1. The largest absolute Gasteiger partial charge is 0.497 e. The molecule has 1 atom stereocenters. The molecule has 0 saturated heterocycles. The van der Waals surface area contributed by atoms with E-state index in [4.69, 9.17) is 4.74 Å². The maximum Gasteiger partial charge on any atom is 0.244 e. The third-order valence-corrected chi connectivity index (χ3v) is 6.87. The van der Waals surface area contributed by atoms with Crippen LogP contribution in [-0.2, 0) is 32.6 Å². The van der Waals surface area contributed by atoms with Gasteiger partial charge < -0.3 is 15.0 Å². The Morgan fingerprint density at radius 1 is 1.06 bits per heavy atom. The molecule has 2 aromatic rings. The molecule has 0 fully saturated rings. The molecule has 0 unspecified atom stereocenters. The number of nitrogens with one attached hydrogen (secondary N) is 1. The summed E-state index contributed by atoms with van der Waals surface area (Å²) < 4.78 is 32.0. The van der Waals surface area contributed by atoms with Crippen molar-refractivity contribution < 1.29 is 22.7 Å². The van der Waals surface area contributed by atoms with Crippen molar-refractivity contribution in [3.63, 3.8) is 0 Å². The Morgan fingerprint density at radius 2 is 1.77 bits per heavy atom. The molecule has 0 saturated carbocycles. The van der Waals surface area contributed by atoms with Crippen LogP contribution in [0.5, 0.6) is 5.75 Å². The predicted octanol–water partition coefficient (Wildman–Crippen LogP) is 3.36. The maximum atomic E-state index is 13.7. The molecule has 2 amide bonds. The van der Waals surface area contributed by atoms with Crippen LogP contribution in [0.2, 0.25) is 0 Å². The molecule has 8 nitrogen and oxygen atoms in total. The molecule has 1 N–H and O–H groups in total. The average molecular weight is 504 g/mol. The minimum Gasteiger partial charge on any atom is -0.497 e. The molecule has 2 aromatic carbocycles. The van der Waals surface area contributed by atoms with Crippen LogP contribution in [-0.4, -0.2) is 57.6 Å². The van der Waals surface area contributed by atoms with E-state index >= 15 is 0 Å². The normalized spacial score (nSPS) is 12.0. The lowest BCUT2D eigenvalue weighted by Gasteiger charge is -2.33. The lowest BCUT2D eigenvalue weighted by molar-refractivity contribution is -0.140. The van der Waals surface area contributed by atoms with Crippen LogP contribution in [0.3, 0.4) is 0 Å². The molecular formula is C26H37N3O5S. The number of methoxy groups -OCH3 is 1. The maximum absolute atomic E-state index is 13.7. The monoisotopic (exact) mass is 503 g/mol. The Bertz CT molecular complexity index is 1100. The molecule has 35 heavy (non-hydrogen) atoms. The van der Waals surface area contributed by atoms with Gasteiger partial charge in [0.25, 0.3) is 0 Å². The smallest absolute Gasteiger partial charge is 0.244 e. The van der Waals surface area contributed by atoms with Crippen molar-refractivity contribution in [2.75, 3.05) is 30.8 Å². The van der Waals surface area contributed by atoms with Gasteiger partial charge in [-0.2, -0.15) is 0 Å². The standard InChI is InChI=1S/C26H37N3O5S/c1-6-16-27-26(31)23(8-3)28(18-20-12-11-14-22(17-20)34-4)25(30)19-29(35(5,32)33)24-15-10-9-13-21(24)7-2/h9-15,17,23H,6-8,16,18-19H2,1-5H3,(H,27,31)/t23-/m1/s1.